The number of nitrogens with two attached hydrogens (primary N) is 1. The van der Waals surface area contributed by atoms with E-state index in [0.717, 1.165) is 10.8 Å². The number of rotatable bonds is 3. The zero-order valence-corrected chi connectivity index (χ0v) is 9.49. The summed E-state index contributed by atoms with van der Waals surface area (Å²) in [5.74, 6) is -1.58. The molecule has 0 aromatic carbocycles. The Labute approximate surface area is 102 Å². The van der Waals surface area contributed by atoms with Crippen LogP contribution in [0.25, 0.3) is 0 Å². The summed E-state index contributed by atoms with van der Waals surface area (Å²) in [6, 6.07) is 0. The minimum atomic E-state index is -0.814. The molecule has 0 spiro atoms. The molecule has 1 aliphatic heterocycles. The Morgan fingerprint density at radius 1 is 1.56 bits per heavy atom. The van der Waals surface area contributed by atoms with Crippen LogP contribution in [0, 0.1) is 11.7 Å². The van der Waals surface area contributed by atoms with Crippen molar-refractivity contribution in [1.29, 1.82) is 0 Å². The van der Waals surface area contributed by atoms with Gasteiger partial charge in [0.2, 0.25) is 0 Å². The fourth-order valence-corrected chi connectivity index (χ4v) is 2.01. The number of aliphatic hydroxyl groups excluding tert-OH is 2. The first-order chi connectivity index (χ1) is 8.56. The number of anilines is 1. The minimum Gasteiger partial charge on any atom is -0.396 e. The molecule has 3 atom stereocenters. The Morgan fingerprint density at radius 2 is 2.28 bits per heavy atom. The molecular formula is C10H14FN3O4. The Morgan fingerprint density at radius 3 is 2.83 bits per heavy atom. The van der Waals surface area contributed by atoms with Gasteiger partial charge in [0.05, 0.1) is 18.9 Å². The average molecular weight is 259 g/mol. The smallest absolute Gasteiger partial charge is 0.351 e. The maximum Gasteiger partial charge on any atom is 0.351 e. The average Bonchev–Trinajstić information content (AvgIpc) is 2.76. The monoisotopic (exact) mass is 259 g/mol. The van der Waals surface area contributed by atoms with Crippen LogP contribution in [0.1, 0.15) is 12.6 Å². The van der Waals surface area contributed by atoms with Gasteiger partial charge in [0.15, 0.2) is 11.6 Å². The van der Waals surface area contributed by atoms with Gasteiger partial charge in [-0.25, -0.2) is 9.18 Å². The van der Waals surface area contributed by atoms with Crippen LogP contribution in [-0.2, 0) is 4.74 Å². The van der Waals surface area contributed by atoms with E-state index in [0.29, 0.717) is 6.42 Å². The number of aromatic nitrogens is 2. The maximum absolute atomic E-state index is 13.3. The first-order valence-electron chi connectivity index (χ1n) is 5.48. The van der Waals surface area contributed by atoms with Crippen molar-refractivity contribution in [2.75, 3.05) is 18.9 Å². The van der Waals surface area contributed by atoms with Crippen molar-refractivity contribution in [2.24, 2.45) is 5.92 Å². The predicted octanol–water partition coefficient (Wildman–Crippen LogP) is -1.15. The molecule has 100 valence electrons. The molecule has 7 nitrogen and oxygen atoms in total. The Hall–Kier alpha value is -1.51. The summed E-state index contributed by atoms with van der Waals surface area (Å²) in [4.78, 5) is 14.9. The second-order valence-corrected chi connectivity index (χ2v) is 4.15. The first-order valence-corrected chi connectivity index (χ1v) is 5.48. The van der Waals surface area contributed by atoms with Crippen LogP contribution in [-0.4, -0.2) is 39.1 Å². The zero-order chi connectivity index (χ0) is 13.3. The van der Waals surface area contributed by atoms with E-state index < -0.39 is 29.7 Å². The van der Waals surface area contributed by atoms with Crippen LogP contribution in [0.4, 0.5) is 10.2 Å². The number of hydrogen-bond acceptors (Lipinski definition) is 6. The third-order valence-corrected chi connectivity index (χ3v) is 3.02. The van der Waals surface area contributed by atoms with Gasteiger partial charge in [-0.3, -0.25) is 4.57 Å². The zero-order valence-electron chi connectivity index (χ0n) is 9.49. The molecule has 1 aromatic heterocycles. The summed E-state index contributed by atoms with van der Waals surface area (Å²) in [6.45, 7) is -0.456. The molecule has 0 aliphatic carbocycles. The van der Waals surface area contributed by atoms with Crippen molar-refractivity contribution in [3.63, 3.8) is 0 Å². The molecule has 1 aromatic rings. The normalized spacial score (nSPS) is 27.6. The van der Waals surface area contributed by atoms with Gasteiger partial charge in [-0.05, 0) is 0 Å². The van der Waals surface area contributed by atoms with Gasteiger partial charge in [-0.1, -0.05) is 0 Å². The summed E-state index contributed by atoms with van der Waals surface area (Å²) in [5, 5.41) is 18.2. The van der Waals surface area contributed by atoms with Gasteiger partial charge in [0.25, 0.3) is 0 Å². The van der Waals surface area contributed by atoms with E-state index in [4.69, 9.17) is 20.7 Å². The summed E-state index contributed by atoms with van der Waals surface area (Å²) < 4.78 is 19.6. The number of aliphatic hydroxyl groups is 2. The second kappa shape index (κ2) is 5.01. The maximum atomic E-state index is 13.3. The van der Waals surface area contributed by atoms with E-state index in [2.05, 4.69) is 4.98 Å². The van der Waals surface area contributed by atoms with Gasteiger partial charge >= 0.3 is 5.69 Å². The molecule has 0 radical (unpaired) electrons. The quantitative estimate of drug-likeness (QED) is 0.632. The van der Waals surface area contributed by atoms with E-state index in [1.807, 2.05) is 0 Å². The summed E-state index contributed by atoms with van der Waals surface area (Å²) in [7, 11) is 0. The fraction of sp³-hybridized carbons (Fsp3) is 0.600. The molecule has 0 amide bonds. The van der Waals surface area contributed by atoms with E-state index in [-0.39, 0.29) is 19.1 Å². The molecule has 4 N–H and O–H groups in total. The molecule has 1 aliphatic rings. The van der Waals surface area contributed by atoms with Crippen LogP contribution < -0.4 is 11.4 Å². The molecule has 8 heteroatoms. The molecule has 1 fully saturated rings. The van der Waals surface area contributed by atoms with Gasteiger partial charge in [0, 0.05) is 18.9 Å². The highest BCUT2D eigenvalue weighted by Gasteiger charge is 2.36. The van der Waals surface area contributed by atoms with Crippen molar-refractivity contribution in [3.05, 3.63) is 22.5 Å². The predicted molar refractivity (Wildman–Crippen MR) is 59.1 cm³/mol. The van der Waals surface area contributed by atoms with Crippen LogP contribution in [0.2, 0.25) is 0 Å². The molecule has 2 heterocycles. The highest BCUT2D eigenvalue weighted by molar-refractivity contribution is 5.26. The largest absolute Gasteiger partial charge is 0.396 e. The first kappa shape index (κ1) is 12.9. The standard InChI is InChI=1S/C10H14FN3O4/c11-6-2-14(10(17)13-9(6)12)8-1-5(3-15)7(4-16)18-8/h2,5,7-8,15-16H,1,3-4H2,(H2,12,13,17)/t5-,7-,8+/m1/s1. The number of nitrogen functional groups attached to an aromatic ring is 1. The van der Waals surface area contributed by atoms with Crippen molar-refractivity contribution >= 4 is 5.82 Å². The molecule has 0 bridgehead atoms. The van der Waals surface area contributed by atoms with E-state index in [1.165, 1.54) is 0 Å². The summed E-state index contributed by atoms with van der Waals surface area (Å²) >= 11 is 0. The lowest BCUT2D eigenvalue weighted by atomic mass is 10.0. The summed E-state index contributed by atoms with van der Waals surface area (Å²) in [5.41, 5.74) is 4.45. The Balaban J connectivity index is 2.28. The highest BCUT2D eigenvalue weighted by atomic mass is 19.1. The van der Waals surface area contributed by atoms with Crippen LogP contribution in [0.5, 0.6) is 0 Å². The van der Waals surface area contributed by atoms with Crippen molar-refractivity contribution < 1.29 is 19.3 Å². The molecule has 1 saturated heterocycles. The molecular weight excluding hydrogens is 245 g/mol. The van der Waals surface area contributed by atoms with Gasteiger partial charge < -0.3 is 20.7 Å². The lowest BCUT2D eigenvalue weighted by Crippen LogP contribution is -2.29. The molecule has 0 saturated carbocycles. The third-order valence-electron chi connectivity index (χ3n) is 3.02. The van der Waals surface area contributed by atoms with Crippen molar-refractivity contribution in [2.45, 2.75) is 18.8 Å². The van der Waals surface area contributed by atoms with E-state index in [1.54, 1.807) is 0 Å². The number of nitrogens with zero attached hydrogens (tertiary/aromatic N) is 2. The lowest BCUT2D eigenvalue weighted by Gasteiger charge is -2.14. The number of halogens is 1. The molecule has 18 heavy (non-hydrogen) atoms. The van der Waals surface area contributed by atoms with Gasteiger partial charge in [-0.2, -0.15) is 4.98 Å². The van der Waals surface area contributed by atoms with E-state index in [9.17, 15) is 9.18 Å². The van der Waals surface area contributed by atoms with Crippen molar-refractivity contribution in [1.82, 2.24) is 9.55 Å². The highest BCUT2D eigenvalue weighted by Crippen LogP contribution is 2.32. The van der Waals surface area contributed by atoms with Gasteiger partial charge in [0.1, 0.15) is 6.23 Å². The second-order valence-electron chi connectivity index (χ2n) is 4.15. The Kier molecular flexibility index (Phi) is 3.60. The molecule has 0 unspecified atom stereocenters. The topological polar surface area (TPSA) is 111 Å². The van der Waals surface area contributed by atoms with Gasteiger partial charge in [-0.15, -0.1) is 0 Å². The fourth-order valence-electron chi connectivity index (χ4n) is 2.01. The number of ether oxygens (including phenoxy) is 1. The Bertz CT molecular complexity index is 481. The number of hydrogen-bond donors (Lipinski definition) is 3. The van der Waals surface area contributed by atoms with Crippen LogP contribution in [0.15, 0.2) is 11.0 Å². The van der Waals surface area contributed by atoms with Crippen LogP contribution >= 0.6 is 0 Å². The lowest BCUT2D eigenvalue weighted by molar-refractivity contribution is -0.0368. The van der Waals surface area contributed by atoms with E-state index >= 15 is 0 Å². The van der Waals surface area contributed by atoms with Crippen molar-refractivity contribution in [3.8, 4) is 0 Å². The minimum absolute atomic E-state index is 0.179. The molecule has 2 rings (SSSR count). The van der Waals surface area contributed by atoms with Crippen LogP contribution in [0.3, 0.4) is 0 Å². The summed E-state index contributed by atoms with van der Waals surface area (Å²) in [6.07, 6.45) is -0.113. The third kappa shape index (κ3) is 2.22. The SMILES string of the molecule is Nc1nc(=O)n([C@@H]2C[C@H](CO)[C@@H](CO)O2)cc1F.